The Hall–Kier alpha value is -1.12. The molecule has 0 aromatic heterocycles. The first kappa shape index (κ1) is 14.3. The van der Waals surface area contributed by atoms with Crippen LogP contribution in [0.1, 0.15) is 24.0 Å². The van der Waals surface area contributed by atoms with E-state index in [1.807, 2.05) is 6.07 Å². The van der Waals surface area contributed by atoms with Crippen molar-refractivity contribution in [2.75, 3.05) is 0 Å². The molecule has 0 spiro atoms. The summed E-state index contributed by atoms with van der Waals surface area (Å²) in [4.78, 5) is 0. The Labute approximate surface area is 124 Å². The minimum atomic E-state index is 0.248. The monoisotopic (exact) mass is 317 g/mol. The van der Waals surface area contributed by atoms with E-state index in [9.17, 15) is 0 Å². The van der Waals surface area contributed by atoms with E-state index in [0.717, 1.165) is 30.2 Å². The second kappa shape index (κ2) is 7.46. The largest absolute Gasteiger partial charge is 0.327 e. The summed E-state index contributed by atoms with van der Waals surface area (Å²) >= 11 is 3.49. The van der Waals surface area contributed by atoms with Crippen molar-refractivity contribution in [2.24, 2.45) is 5.73 Å². The second-order valence-corrected chi connectivity index (χ2v) is 5.89. The van der Waals surface area contributed by atoms with Gasteiger partial charge in [-0.15, -0.1) is 0 Å². The van der Waals surface area contributed by atoms with Crippen LogP contribution in [0.3, 0.4) is 0 Å². The third kappa shape index (κ3) is 5.17. The van der Waals surface area contributed by atoms with Crippen LogP contribution in [0, 0.1) is 0 Å². The second-order valence-electron chi connectivity index (χ2n) is 4.97. The molecule has 2 rings (SSSR count). The average molecular weight is 318 g/mol. The van der Waals surface area contributed by atoms with E-state index in [0.29, 0.717) is 0 Å². The van der Waals surface area contributed by atoms with E-state index in [2.05, 4.69) is 64.5 Å². The Morgan fingerprint density at radius 2 is 1.68 bits per heavy atom. The molecule has 1 atom stereocenters. The first-order chi connectivity index (χ1) is 9.24. The smallest absolute Gasteiger partial charge is 0.0178 e. The van der Waals surface area contributed by atoms with Crippen LogP contribution in [0.25, 0.3) is 0 Å². The van der Waals surface area contributed by atoms with E-state index in [-0.39, 0.29) is 6.04 Å². The predicted molar refractivity (Wildman–Crippen MR) is 85.2 cm³/mol. The molecule has 100 valence electrons. The number of halogens is 1. The van der Waals surface area contributed by atoms with E-state index in [1.54, 1.807) is 0 Å². The number of benzene rings is 2. The maximum atomic E-state index is 6.20. The Morgan fingerprint density at radius 1 is 0.947 bits per heavy atom. The van der Waals surface area contributed by atoms with Gasteiger partial charge in [-0.2, -0.15) is 0 Å². The van der Waals surface area contributed by atoms with Crippen LogP contribution in [-0.2, 0) is 12.8 Å². The van der Waals surface area contributed by atoms with Gasteiger partial charge in [0.25, 0.3) is 0 Å². The van der Waals surface area contributed by atoms with Crippen LogP contribution >= 0.6 is 15.9 Å². The summed E-state index contributed by atoms with van der Waals surface area (Å²) in [7, 11) is 0. The topological polar surface area (TPSA) is 26.0 Å². The van der Waals surface area contributed by atoms with Gasteiger partial charge >= 0.3 is 0 Å². The van der Waals surface area contributed by atoms with Gasteiger partial charge in [0.2, 0.25) is 0 Å². The molecule has 0 aliphatic heterocycles. The van der Waals surface area contributed by atoms with Crippen molar-refractivity contribution in [1.29, 1.82) is 0 Å². The molecule has 2 N–H and O–H groups in total. The molecule has 2 aromatic carbocycles. The van der Waals surface area contributed by atoms with Crippen LogP contribution in [0.2, 0.25) is 0 Å². The third-order valence-corrected chi connectivity index (χ3v) is 3.76. The van der Waals surface area contributed by atoms with Gasteiger partial charge in [0.1, 0.15) is 0 Å². The van der Waals surface area contributed by atoms with Crippen molar-refractivity contribution in [3.8, 4) is 0 Å². The molecule has 0 heterocycles. The van der Waals surface area contributed by atoms with Gasteiger partial charge in [-0.25, -0.2) is 0 Å². The molecule has 0 aliphatic rings. The normalized spacial score (nSPS) is 12.3. The summed E-state index contributed by atoms with van der Waals surface area (Å²) < 4.78 is 1.13. The molecule has 2 heteroatoms. The highest BCUT2D eigenvalue weighted by atomic mass is 79.9. The summed E-state index contributed by atoms with van der Waals surface area (Å²) in [5, 5.41) is 0. The molecule has 0 amide bonds. The van der Waals surface area contributed by atoms with E-state index >= 15 is 0 Å². The molecule has 0 fully saturated rings. The Morgan fingerprint density at radius 3 is 2.42 bits per heavy atom. The summed E-state index contributed by atoms with van der Waals surface area (Å²) in [5.74, 6) is 0. The van der Waals surface area contributed by atoms with Gasteiger partial charge in [0.15, 0.2) is 0 Å². The lowest BCUT2D eigenvalue weighted by Gasteiger charge is -2.11. The number of aryl methyl sites for hydroxylation is 1. The highest BCUT2D eigenvalue weighted by Crippen LogP contribution is 2.14. The van der Waals surface area contributed by atoms with E-state index in [1.165, 1.54) is 11.1 Å². The molecule has 1 nitrogen and oxygen atoms in total. The summed E-state index contributed by atoms with van der Waals surface area (Å²) in [5.41, 5.74) is 8.91. The van der Waals surface area contributed by atoms with Crippen LogP contribution in [0.15, 0.2) is 59.1 Å². The van der Waals surface area contributed by atoms with Gasteiger partial charge in [-0.3, -0.25) is 0 Å². The minimum Gasteiger partial charge on any atom is -0.327 e. The van der Waals surface area contributed by atoms with Crippen molar-refractivity contribution in [2.45, 2.75) is 31.7 Å². The van der Waals surface area contributed by atoms with Gasteiger partial charge in [-0.1, -0.05) is 58.4 Å². The zero-order chi connectivity index (χ0) is 13.5. The molecule has 0 bridgehead atoms. The lowest BCUT2D eigenvalue weighted by molar-refractivity contribution is 0.580. The summed E-state index contributed by atoms with van der Waals surface area (Å²) in [6.07, 6.45) is 4.29. The molecule has 0 aliphatic carbocycles. The number of rotatable bonds is 6. The minimum absolute atomic E-state index is 0.248. The summed E-state index contributed by atoms with van der Waals surface area (Å²) in [6, 6.07) is 19.3. The third-order valence-electron chi connectivity index (χ3n) is 3.27. The standard InChI is InChI=1S/C17H20BrN/c18-16-10-4-9-15(12-16)13-17(19)11-5-8-14-6-2-1-3-7-14/h1-4,6-7,9-10,12,17H,5,8,11,13,19H2. The van der Waals surface area contributed by atoms with Crippen molar-refractivity contribution in [1.82, 2.24) is 0 Å². The Bertz CT molecular complexity index is 496. The van der Waals surface area contributed by atoms with E-state index in [4.69, 9.17) is 5.73 Å². The number of hydrogen-bond donors (Lipinski definition) is 1. The van der Waals surface area contributed by atoms with Crippen molar-refractivity contribution < 1.29 is 0 Å². The van der Waals surface area contributed by atoms with Crippen LogP contribution in [0.4, 0.5) is 0 Å². The van der Waals surface area contributed by atoms with Crippen molar-refractivity contribution >= 4 is 15.9 Å². The zero-order valence-corrected chi connectivity index (χ0v) is 12.6. The Balaban J connectivity index is 1.74. The SMILES string of the molecule is NC(CCCc1ccccc1)Cc1cccc(Br)c1. The average Bonchev–Trinajstić information content (AvgIpc) is 2.40. The fourth-order valence-electron chi connectivity index (χ4n) is 2.28. The van der Waals surface area contributed by atoms with Gasteiger partial charge in [0.05, 0.1) is 0 Å². The molecule has 0 saturated carbocycles. The predicted octanol–water partition coefficient (Wildman–Crippen LogP) is 4.34. The molecular weight excluding hydrogens is 298 g/mol. The van der Waals surface area contributed by atoms with Gasteiger partial charge in [0, 0.05) is 10.5 Å². The lowest BCUT2D eigenvalue weighted by atomic mass is 10.00. The fraction of sp³-hybridized carbons (Fsp3) is 0.294. The van der Waals surface area contributed by atoms with Crippen molar-refractivity contribution in [3.63, 3.8) is 0 Å². The number of nitrogens with two attached hydrogens (primary N) is 1. The van der Waals surface area contributed by atoms with Crippen LogP contribution in [0.5, 0.6) is 0 Å². The van der Waals surface area contributed by atoms with E-state index < -0.39 is 0 Å². The Kier molecular flexibility index (Phi) is 5.62. The molecule has 1 unspecified atom stereocenters. The fourth-order valence-corrected chi connectivity index (χ4v) is 2.73. The quantitative estimate of drug-likeness (QED) is 0.842. The molecule has 19 heavy (non-hydrogen) atoms. The van der Waals surface area contributed by atoms with Crippen molar-refractivity contribution in [3.05, 3.63) is 70.2 Å². The maximum absolute atomic E-state index is 6.20. The summed E-state index contributed by atoms with van der Waals surface area (Å²) in [6.45, 7) is 0. The molecule has 0 radical (unpaired) electrons. The molecule has 2 aromatic rings. The van der Waals surface area contributed by atoms with Gasteiger partial charge in [-0.05, 0) is 48.9 Å². The highest BCUT2D eigenvalue weighted by Gasteiger charge is 2.04. The first-order valence-corrected chi connectivity index (χ1v) is 7.57. The molecule has 0 saturated heterocycles. The number of hydrogen-bond acceptors (Lipinski definition) is 1. The van der Waals surface area contributed by atoms with Crippen LogP contribution < -0.4 is 5.73 Å². The zero-order valence-electron chi connectivity index (χ0n) is 11.1. The maximum Gasteiger partial charge on any atom is 0.0178 e. The van der Waals surface area contributed by atoms with Crippen LogP contribution in [-0.4, -0.2) is 6.04 Å². The highest BCUT2D eigenvalue weighted by molar-refractivity contribution is 9.10. The first-order valence-electron chi connectivity index (χ1n) is 6.78. The lowest BCUT2D eigenvalue weighted by Crippen LogP contribution is -2.22. The molecular formula is C17H20BrN. The van der Waals surface area contributed by atoms with Gasteiger partial charge < -0.3 is 5.73 Å².